The van der Waals surface area contributed by atoms with Crippen LogP contribution in [0.5, 0.6) is 5.75 Å². The molecule has 0 amide bonds. The summed E-state index contributed by atoms with van der Waals surface area (Å²) in [4.78, 5) is 12.4. The zero-order chi connectivity index (χ0) is 23.6. The number of alkyl halides is 3. The predicted molar refractivity (Wildman–Crippen MR) is 115 cm³/mol. The molecule has 2 aromatic carbocycles. The van der Waals surface area contributed by atoms with Crippen molar-refractivity contribution in [1.29, 1.82) is 0 Å². The van der Waals surface area contributed by atoms with E-state index < -0.39 is 35.2 Å². The maximum atomic E-state index is 14.3. The summed E-state index contributed by atoms with van der Waals surface area (Å²) in [5.41, 5.74) is -4.32. The van der Waals surface area contributed by atoms with E-state index in [9.17, 15) is 28.2 Å². The molecule has 2 unspecified atom stereocenters. The third kappa shape index (κ3) is 3.31. The van der Waals surface area contributed by atoms with Gasteiger partial charge in [0.25, 0.3) is 5.56 Å². The molecule has 32 heavy (non-hydrogen) atoms. The van der Waals surface area contributed by atoms with Gasteiger partial charge in [-0.2, -0.15) is 18.3 Å². The molecule has 1 aromatic heterocycles. The normalized spacial score (nSPS) is 22.6. The Balaban J connectivity index is 1.99. The lowest BCUT2D eigenvalue weighted by Crippen LogP contribution is -2.58. The van der Waals surface area contributed by atoms with Crippen molar-refractivity contribution in [2.75, 3.05) is 5.32 Å². The van der Waals surface area contributed by atoms with Gasteiger partial charge in [0.05, 0.1) is 17.6 Å². The van der Waals surface area contributed by atoms with E-state index in [1.807, 2.05) is 0 Å². The number of aliphatic hydroxyl groups is 1. The first kappa shape index (κ1) is 22.4. The summed E-state index contributed by atoms with van der Waals surface area (Å²) in [6, 6.07) is 5.45. The van der Waals surface area contributed by atoms with Crippen LogP contribution in [0.3, 0.4) is 0 Å². The molecule has 1 aliphatic carbocycles. The molecule has 0 spiro atoms. The highest BCUT2D eigenvalue weighted by atomic mass is 35.5. The maximum absolute atomic E-state index is 14.3. The van der Waals surface area contributed by atoms with Gasteiger partial charge in [0.2, 0.25) is 0 Å². The molecule has 3 N–H and O–H groups in total. The monoisotopic (exact) mass is 467 g/mol. The minimum absolute atomic E-state index is 0.0277. The lowest BCUT2D eigenvalue weighted by atomic mass is 9.63. The molecule has 3 aromatic rings. The first-order valence-corrected chi connectivity index (χ1v) is 10.2. The Morgan fingerprint density at radius 2 is 1.94 bits per heavy atom. The van der Waals surface area contributed by atoms with Crippen LogP contribution in [-0.2, 0) is 12.5 Å². The number of anilines is 1. The first-order valence-electron chi connectivity index (χ1n) is 9.80. The highest BCUT2D eigenvalue weighted by Gasteiger charge is 2.64. The molecule has 2 atom stereocenters. The Kier molecular flexibility index (Phi) is 4.98. The molecule has 6 nitrogen and oxygen atoms in total. The van der Waals surface area contributed by atoms with Crippen LogP contribution in [0.4, 0.5) is 18.9 Å². The van der Waals surface area contributed by atoms with Gasteiger partial charge in [-0.1, -0.05) is 31.5 Å². The van der Waals surface area contributed by atoms with Crippen LogP contribution in [0.25, 0.3) is 10.8 Å². The average molecular weight is 468 g/mol. The van der Waals surface area contributed by atoms with E-state index in [0.717, 1.165) is 4.68 Å². The first-order chi connectivity index (χ1) is 14.8. The Morgan fingerprint density at radius 3 is 2.59 bits per heavy atom. The van der Waals surface area contributed by atoms with Gasteiger partial charge in [0.1, 0.15) is 5.75 Å². The summed E-state index contributed by atoms with van der Waals surface area (Å²) in [5.74, 6) is -0.248. The summed E-state index contributed by atoms with van der Waals surface area (Å²) in [6.45, 7) is 3.05. The molecule has 170 valence electrons. The van der Waals surface area contributed by atoms with Gasteiger partial charge < -0.3 is 15.5 Å². The Labute approximate surface area is 186 Å². The number of benzene rings is 2. The third-order valence-corrected chi connectivity index (χ3v) is 6.29. The van der Waals surface area contributed by atoms with Crippen LogP contribution >= 0.6 is 11.6 Å². The van der Waals surface area contributed by atoms with Crippen molar-refractivity contribution in [1.82, 2.24) is 9.78 Å². The zero-order valence-electron chi connectivity index (χ0n) is 17.5. The topological polar surface area (TPSA) is 87.4 Å². The van der Waals surface area contributed by atoms with Crippen molar-refractivity contribution in [3.63, 3.8) is 0 Å². The molecule has 10 heteroatoms. The van der Waals surface area contributed by atoms with Crippen LogP contribution < -0.4 is 10.9 Å². The number of aromatic hydroxyl groups is 1. The quantitative estimate of drug-likeness (QED) is 0.519. The number of aryl methyl sites for hydroxylation is 1. The lowest BCUT2D eigenvalue weighted by Gasteiger charge is -2.49. The zero-order valence-corrected chi connectivity index (χ0v) is 18.2. The molecule has 4 rings (SSSR count). The van der Waals surface area contributed by atoms with Crippen LogP contribution in [0.1, 0.15) is 37.4 Å². The van der Waals surface area contributed by atoms with E-state index in [0.29, 0.717) is 5.39 Å². The van der Waals surface area contributed by atoms with Gasteiger partial charge in [-0.25, -0.2) is 4.68 Å². The van der Waals surface area contributed by atoms with E-state index in [1.165, 1.54) is 51.4 Å². The average Bonchev–Trinajstić information content (AvgIpc) is 2.66. The summed E-state index contributed by atoms with van der Waals surface area (Å²) >= 11 is 6.08. The number of phenols is 1. The van der Waals surface area contributed by atoms with Crippen molar-refractivity contribution in [3.05, 3.63) is 63.0 Å². The molecule has 0 radical (unpaired) electrons. The summed E-state index contributed by atoms with van der Waals surface area (Å²) in [6.07, 6.45) is -4.33. The van der Waals surface area contributed by atoms with Crippen LogP contribution in [0, 0.1) is 0 Å². The fourth-order valence-corrected chi connectivity index (χ4v) is 4.92. The highest BCUT2D eigenvalue weighted by Crippen LogP contribution is 2.56. The Morgan fingerprint density at radius 1 is 1.25 bits per heavy atom. The fraction of sp³-hybridized carbons (Fsp3) is 0.364. The SMILES string of the molecule is Cn1ncc2c(NC3c4cc(Cl)cc(O)c4C(C)(C)CC3(O)C(F)(F)F)cccc2c1=O. The van der Waals surface area contributed by atoms with Crippen molar-refractivity contribution < 1.29 is 23.4 Å². The van der Waals surface area contributed by atoms with Gasteiger partial charge in [-0.15, -0.1) is 0 Å². The van der Waals surface area contributed by atoms with E-state index in [2.05, 4.69) is 10.4 Å². The molecule has 0 bridgehead atoms. The number of hydrogen-bond acceptors (Lipinski definition) is 5. The number of hydrogen-bond donors (Lipinski definition) is 3. The van der Waals surface area contributed by atoms with Gasteiger partial charge in [0, 0.05) is 28.7 Å². The van der Waals surface area contributed by atoms with Gasteiger partial charge in [-0.05, 0) is 41.7 Å². The van der Waals surface area contributed by atoms with E-state index in [1.54, 1.807) is 6.07 Å². The highest BCUT2D eigenvalue weighted by molar-refractivity contribution is 6.30. The van der Waals surface area contributed by atoms with Crippen molar-refractivity contribution in [2.24, 2.45) is 7.05 Å². The Hall–Kier alpha value is -2.78. The van der Waals surface area contributed by atoms with Crippen molar-refractivity contribution in [2.45, 2.75) is 43.5 Å². The minimum Gasteiger partial charge on any atom is -0.508 e. The van der Waals surface area contributed by atoms with E-state index >= 15 is 0 Å². The molecule has 0 saturated heterocycles. The number of halogens is 4. The molecule has 1 heterocycles. The van der Waals surface area contributed by atoms with Crippen molar-refractivity contribution >= 4 is 28.1 Å². The molecule has 1 aliphatic rings. The summed E-state index contributed by atoms with van der Waals surface area (Å²) in [7, 11) is 1.47. The van der Waals surface area contributed by atoms with E-state index in [4.69, 9.17) is 11.6 Å². The van der Waals surface area contributed by atoms with Crippen LogP contribution in [0.15, 0.2) is 41.3 Å². The minimum atomic E-state index is -5.00. The predicted octanol–water partition coefficient (Wildman–Crippen LogP) is 4.42. The lowest BCUT2D eigenvalue weighted by molar-refractivity contribution is -0.275. The van der Waals surface area contributed by atoms with Gasteiger partial charge in [0.15, 0.2) is 5.60 Å². The van der Waals surface area contributed by atoms with Gasteiger partial charge >= 0.3 is 6.18 Å². The van der Waals surface area contributed by atoms with Crippen LogP contribution in [-0.4, -0.2) is 31.8 Å². The second kappa shape index (κ2) is 7.11. The maximum Gasteiger partial charge on any atom is 0.419 e. The second-order valence-corrected chi connectivity index (χ2v) is 9.23. The number of nitrogens with zero attached hydrogens (tertiary/aromatic N) is 2. The van der Waals surface area contributed by atoms with E-state index in [-0.39, 0.29) is 33.0 Å². The number of nitrogens with one attached hydrogen (secondary N) is 1. The number of rotatable bonds is 2. The summed E-state index contributed by atoms with van der Waals surface area (Å²) in [5, 5.41) is 28.9. The number of aromatic nitrogens is 2. The van der Waals surface area contributed by atoms with Gasteiger partial charge in [-0.3, -0.25) is 4.79 Å². The molecule has 0 saturated carbocycles. The number of fused-ring (bicyclic) bond motifs is 2. The number of phenolic OH excluding ortho intramolecular Hbond substituents is 1. The standard InChI is InChI=1S/C22H21ClF3N3O3/c1-20(2)10-21(32,22(24,25)26)18(13-7-11(23)8-16(30)17(13)20)28-15-6-4-5-12-14(15)9-27-29(3)19(12)31/h4-9,18,28,30,32H,10H2,1-3H3. The summed E-state index contributed by atoms with van der Waals surface area (Å²) < 4.78 is 44.0. The Bertz CT molecular complexity index is 1290. The van der Waals surface area contributed by atoms with Crippen LogP contribution in [0.2, 0.25) is 5.02 Å². The second-order valence-electron chi connectivity index (χ2n) is 8.79. The molecule has 0 aliphatic heterocycles. The molecule has 0 fully saturated rings. The largest absolute Gasteiger partial charge is 0.508 e. The molecular weight excluding hydrogens is 447 g/mol. The van der Waals surface area contributed by atoms with Crippen molar-refractivity contribution in [3.8, 4) is 5.75 Å². The molecular formula is C22H21ClF3N3O3. The third-order valence-electron chi connectivity index (χ3n) is 6.07. The fourth-order valence-electron chi connectivity index (χ4n) is 4.70. The smallest absolute Gasteiger partial charge is 0.419 e.